The zero-order valence-corrected chi connectivity index (χ0v) is 11.2. The van der Waals surface area contributed by atoms with E-state index >= 15 is 0 Å². The first-order chi connectivity index (χ1) is 9.69. The van der Waals surface area contributed by atoms with Crippen molar-refractivity contribution in [3.8, 4) is 11.5 Å². The highest BCUT2D eigenvalue weighted by atomic mass is 16.7. The van der Waals surface area contributed by atoms with E-state index in [0.29, 0.717) is 41.8 Å². The van der Waals surface area contributed by atoms with Crippen LogP contribution in [0, 0.1) is 5.92 Å². The molecule has 0 radical (unpaired) electrons. The van der Waals surface area contributed by atoms with Gasteiger partial charge in [-0.2, -0.15) is 0 Å². The van der Waals surface area contributed by atoms with E-state index in [4.69, 9.17) is 20.3 Å². The van der Waals surface area contributed by atoms with E-state index in [9.17, 15) is 4.79 Å². The van der Waals surface area contributed by atoms with E-state index in [-0.39, 0.29) is 19.3 Å². The van der Waals surface area contributed by atoms with Crippen molar-refractivity contribution in [2.75, 3.05) is 32.2 Å². The molecule has 20 heavy (non-hydrogen) atoms. The van der Waals surface area contributed by atoms with Gasteiger partial charge >= 0.3 is 0 Å². The Balaban J connectivity index is 1.78. The molecule has 0 saturated carbocycles. The number of hydrogen-bond acceptors (Lipinski definition) is 5. The molecule has 1 fully saturated rings. The fourth-order valence-electron chi connectivity index (χ4n) is 2.75. The predicted octanol–water partition coefficient (Wildman–Crippen LogP) is 0.842. The Morgan fingerprint density at radius 3 is 2.90 bits per heavy atom. The summed E-state index contributed by atoms with van der Waals surface area (Å²) in [7, 11) is 0. The maximum atomic E-state index is 12.5. The van der Waals surface area contributed by atoms with Crippen molar-refractivity contribution >= 4 is 11.6 Å². The highest BCUT2D eigenvalue weighted by molar-refractivity contribution is 6.00. The highest BCUT2D eigenvalue weighted by Crippen LogP contribution is 2.36. The maximum absolute atomic E-state index is 12.5. The molecule has 2 aliphatic heterocycles. The summed E-state index contributed by atoms with van der Waals surface area (Å²) >= 11 is 0. The van der Waals surface area contributed by atoms with Gasteiger partial charge in [-0.25, -0.2) is 0 Å². The number of nitrogens with two attached hydrogens (primary N) is 1. The van der Waals surface area contributed by atoms with Gasteiger partial charge in [-0.3, -0.25) is 4.79 Å². The molecule has 108 valence electrons. The molecule has 6 nitrogen and oxygen atoms in total. The van der Waals surface area contributed by atoms with E-state index < -0.39 is 0 Å². The highest BCUT2D eigenvalue weighted by Gasteiger charge is 2.29. The van der Waals surface area contributed by atoms with Crippen LogP contribution in [-0.4, -0.2) is 42.4 Å². The quantitative estimate of drug-likeness (QED) is 0.800. The minimum absolute atomic E-state index is 0.0822. The smallest absolute Gasteiger partial charge is 0.256 e. The topological polar surface area (TPSA) is 85.0 Å². The predicted molar refractivity (Wildman–Crippen MR) is 72.7 cm³/mol. The SMILES string of the molecule is Nc1cc2c(cc1C(=O)N1CCC(CCO)C1)OCO2. The molecule has 0 bridgehead atoms. The monoisotopic (exact) mass is 278 g/mol. The molecule has 0 aromatic heterocycles. The Labute approximate surface area is 117 Å². The molecule has 1 unspecified atom stereocenters. The number of benzene rings is 1. The number of rotatable bonds is 3. The van der Waals surface area contributed by atoms with Gasteiger partial charge in [0.05, 0.1) is 5.56 Å². The number of fused-ring (bicyclic) bond motifs is 1. The average molecular weight is 278 g/mol. The zero-order chi connectivity index (χ0) is 14.1. The minimum atomic E-state index is -0.0822. The van der Waals surface area contributed by atoms with Crippen molar-refractivity contribution in [1.82, 2.24) is 4.90 Å². The third kappa shape index (κ3) is 2.27. The van der Waals surface area contributed by atoms with Crippen LogP contribution in [0.4, 0.5) is 5.69 Å². The Morgan fingerprint density at radius 2 is 2.15 bits per heavy atom. The number of anilines is 1. The van der Waals surface area contributed by atoms with Gasteiger partial charge in [0.25, 0.3) is 5.91 Å². The van der Waals surface area contributed by atoms with Crippen molar-refractivity contribution in [1.29, 1.82) is 0 Å². The van der Waals surface area contributed by atoms with Crippen LogP contribution in [0.1, 0.15) is 23.2 Å². The summed E-state index contributed by atoms with van der Waals surface area (Å²) < 4.78 is 10.5. The van der Waals surface area contributed by atoms with Crippen LogP contribution < -0.4 is 15.2 Å². The van der Waals surface area contributed by atoms with Gasteiger partial charge in [0.2, 0.25) is 6.79 Å². The molecule has 1 amide bonds. The molecule has 1 aromatic carbocycles. The number of amides is 1. The van der Waals surface area contributed by atoms with Gasteiger partial charge in [0.1, 0.15) is 0 Å². The second-order valence-electron chi connectivity index (χ2n) is 5.21. The van der Waals surface area contributed by atoms with Crippen LogP contribution in [0.15, 0.2) is 12.1 Å². The Hall–Kier alpha value is -1.95. The number of likely N-dealkylation sites (tertiary alicyclic amines) is 1. The fourth-order valence-corrected chi connectivity index (χ4v) is 2.75. The molecular weight excluding hydrogens is 260 g/mol. The van der Waals surface area contributed by atoms with Gasteiger partial charge in [0.15, 0.2) is 11.5 Å². The van der Waals surface area contributed by atoms with Crippen LogP contribution in [0.2, 0.25) is 0 Å². The van der Waals surface area contributed by atoms with Crippen molar-refractivity contribution in [2.45, 2.75) is 12.8 Å². The number of hydrogen-bond donors (Lipinski definition) is 2. The Bertz CT molecular complexity index is 532. The number of aliphatic hydroxyl groups excluding tert-OH is 1. The van der Waals surface area contributed by atoms with Crippen LogP contribution in [-0.2, 0) is 0 Å². The number of ether oxygens (including phenoxy) is 2. The van der Waals surface area contributed by atoms with Crippen LogP contribution in [0.25, 0.3) is 0 Å². The largest absolute Gasteiger partial charge is 0.454 e. The first-order valence-electron chi connectivity index (χ1n) is 6.78. The molecule has 2 aliphatic rings. The van der Waals surface area contributed by atoms with E-state index in [0.717, 1.165) is 12.8 Å². The van der Waals surface area contributed by atoms with Gasteiger partial charge in [0, 0.05) is 31.5 Å². The standard InChI is InChI=1S/C14H18N2O4/c15-11-6-13-12(19-8-20-13)5-10(11)14(18)16-3-1-9(7-16)2-4-17/h5-6,9,17H,1-4,7-8,15H2. The maximum Gasteiger partial charge on any atom is 0.256 e. The molecule has 1 atom stereocenters. The van der Waals surface area contributed by atoms with Gasteiger partial charge in [-0.15, -0.1) is 0 Å². The molecular formula is C14H18N2O4. The van der Waals surface area contributed by atoms with Crippen molar-refractivity contribution in [2.24, 2.45) is 5.92 Å². The molecule has 1 saturated heterocycles. The molecule has 0 aliphatic carbocycles. The second-order valence-corrected chi connectivity index (χ2v) is 5.21. The summed E-state index contributed by atoms with van der Waals surface area (Å²) in [4.78, 5) is 14.3. The summed E-state index contributed by atoms with van der Waals surface area (Å²) in [5, 5.41) is 8.96. The first-order valence-corrected chi connectivity index (χ1v) is 6.78. The van der Waals surface area contributed by atoms with E-state index in [1.165, 1.54) is 0 Å². The molecule has 0 spiro atoms. The number of nitrogens with zero attached hydrogens (tertiary/aromatic N) is 1. The lowest BCUT2D eigenvalue weighted by Crippen LogP contribution is -2.29. The van der Waals surface area contributed by atoms with Crippen LogP contribution in [0.3, 0.4) is 0 Å². The third-order valence-corrected chi connectivity index (χ3v) is 3.89. The summed E-state index contributed by atoms with van der Waals surface area (Å²) in [6.45, 7) is 1.71. The van der Waals surface area contributed by atoms with Crippen LogP contribution >= 0.6 is 0 Å². The number of carbonyl (C=O) groups excluding carboxylic acids is 1. The number of aliphatic hydroxyl groups is 1. The Morgan fingerprint density at radius 1 is 1.40 bits per heavy atom. The third-order valence-electron chi connectivity index (χ3n) is 3.89. The molecule has 1 aromatic rings. The van der Waals surface area contributed by atoms with E-state index in [1.54, 1.807) is 17.0 Å². The summed E-state index contributed by atoms with van der Waals surface area (Å²) in [6.07, 6.45) is 1.66. The van der Waals surface area contributed by atoms with E-state index in [1.807, 2.05) is 0 Å². The Kier molecular flexibility index (Phi) is 3.40. The summed E-state index contributed by atoms with van der Waals surface area (Å²) in [5.74, 6) is 1.44. The lowest BCUT2D eigenvalue weighted by Gasteiger charge is -2.18. The normalized spacial score (nSPS) is 20.4. The lowest BCUT2D eigenvalue weighted by atomic mass is 10.1. The first kappa shape index (κ1) is 13.1. The fraction of sp³-hybridized carbons (Fsp3) is 0.500. The van der Waals surface area contributed by atoms with Gasteiger partial charge < -0.3 is 25.2 Å². The molecule has 2 heterocycles. The second kappa shape index (κ2) is 5.20. The van der Waals surface area contributed by atoms with E-state index in [2.05, 4.69) is 0 Å². The van der Waals surface area contributed by atoms with Gasteiger partial charge in [-0.1, -0.05) is 0 Å². The molecule has 3 rings (SSSR count). The van der Waals surface area contributed by atoms with Crippen molar-refractivity contribution < 1.29 is 19.4 Å². The lowest BCUT2D eigenvalue weighted by molar-refractivity contribution is 0.0785. The number of nitrogen functional groups attached to an aromatic ring is 1. The van der Waals surface area contributed by atoms with Gasteiger partial charge in [-0.05, 0) is 24.8 Å². The van der Waals surface area contributed by atoms with Crippen molar-refractivity contribution in [3.05, 3.63) is 17.7 Å². The number of carbonyl (C=O) groups is 1. The summed E-state index contributed by atoms with van der Waals surface area (Å²) in [5.41, 5.74) is 6.80. The summed E-state index contributed by atoms with van der Waals surface area (Å²) in [6, 6.07) is 3.29. The zero-order valence-electron chi connectivity index (χ0n) is 11.2. The molecule has 3 N–H and O–H groups in total. The molecule has 6 heteroatoms. The van der Waals surface area contributed by atoms with Crippen molar-refractivity contribution in [3.63, 3.8) is 0 Å². The van der Waals surface area contributed by atoms with Crippen LogP contribution in [0.5, 0.6) is 11.5 Å². The average Bonchev–Trinajstić information content (AvgIpc) is 3.06. The minimum Gasteiger partial charge on any atom is -0.454 e.